The molecule has 3 heteroatoms. The normalized spacial score (nSPS) is 27.6. The lowest BCUT2D eigenvalue weighted by Gasteiger charge is -2.32. The van der Waals surface area contributed by atoms with Gasteiger partial charge in [-0.3, -0.25) is 0 Å². The Balaban J connectivity index is 1.93. The minimum absolute atomic E-state index is 0.208. The maximum absolute atomic E-state index is 6.01. The Morgan fingerprint density at radius 3 is 2.06 bits per heavy atom. The van der Waals surface area contributed by atoms with Crippen LogP contribution in [0.15, 0.2) is 12.1 Å². The highest BCUT2D eigenvalue weighted by molar-refractivity contribution is 6.54. The fourth-order valence-corrected chi connectivity index (χ4v) is 2.69. The third-order valence-electron chi connectivity index (χ3n) is 4.61. The van der Waals surface area contributed by atoms with Crippen LogP contribution < -0.4 is 0 Å². The molecule has 0 amide bonds. The fraction of sp³-hybridized carbons (Fsp3) is 0.857. The first-order chi connectivity index (χ1) is 7.82. The molecule has 0 atom stereocenters. The third kappa shape index (κ3) is 2.60. The number of allylic oxidation sites excluding steroid dienone is 1. The zero-order chi connectivity index (χ0) is 12.7. The highest BCUT2D eigenvalue weighted by atomic mass is 16.7. The van der Waals surface area contributed by atoms with Crippen molar-refractivity contribution in [3.63, 3.8) is 0 Å². The van der Waals surface area contributed by atoms with Gasteiger partial charge in [0.2, 0.25) is 0 Å². The van der Waals surface area contributed by atoms with Gasteiger partial charge < -0.3 is 9.31 Å². The van der Waals surface area contributed by atoms with Gasteiger partial charge in [-0.05, 0) is 45.5 Å². The minimum atomic E-state index is -0.240. The van der Waals surface area contributed by atoms with Crippen LogP contribution in [0.25, 0.3) is 0 Å². The number of rotatable bonds is 3. The fourth-order valence-electron chi connectivity index (χ4n) is 2.69. The number of hydrogen-bond acceptors (Lipinski definition) is 2. The molecule has 0 N–H and O–H groups in total. The molecule has 2 aliphatic rings. The summed E-state index contributed by atoms with van der Waals surface area (Å²) in [6, 6.07) is 0. The van der Waals surface area contributed by atoms with Crippen LogP contribution in [-0.2, 0) is 9.31 Å². The molecule has 17 heavy (non-hydrogen) atoms. The Bertz CT molecular complexity index is 287. The predicted molar refractivity (Wildman–Crippen MR) is 71.8 cm³/mol. The smallest absolute Gasteiger partial charge is 0.400 e. The average Bonchev–Trinajstić information content (AvgIpc) is 2.74. The second-order valence-corrected chi connectivity index (χ2v) is 6.60. The lowest BCUT2D eigenvalue weighted by atomic mass is 9.74. The summed E-state index contributed by atoms with van der Waals surface area (Å²) >= 11 is 0. The summed E-state index contributed by atoms with van der Waals surface area (Å²) in [6.07, 6.45) is 6.51. The Morgan fingerprint density at radius 2 is 1.59 bits per heavy atom. The molecule has 0 spiro atoms. The van der Waals surface area contributed by atoms with Crippen LogP contribution >= 0.6 is 0 Å². The highest BCUT2D eigenvalue weighted by Crippen LogP contribution is 2.40. The van der Waals surface area contributed by atoms with E-state index >= 15 is 0 Å². The second kappa shape index (κ2) is 4.44. The van der Waals surface area contributed by atoms with Gasteiger partial charge in [0.05, 0.1) is 11.2 Å². The summed E-state index contributed by atoms with van der Waals surface area (Å²) < 4.78 is 12.0. The van der Waals surface area contributed by atoms with Crippen LogP contribution in [0.5, 0.6) is 0 Å². The summed E-state index contributed by atoms with van der Waals surface area (Å²) in [5.41, 5.74) is 0.641. The van der Waals surface area contributed by atoms with Gasteiger partial charge in [0.1, 0.15) is 0 Å². The SMILES string of the molecule is C=C(CC1CCCC1)B1OC(C)(C)C(C)(C)O1. The van der Waals surface area contributed by atoms with Crippen molar-refractivity contribution >= 4 is 7.12 Å². The standard InChI is InChI=1S/C14H25BO2/c1-11(10-12-8-6-7-9-12)15-16-13(2,3)14(4,5)17-15/h12H,1,6-10H2,2-5H3. The van der Waals surface area contributed by atoms with E-state index in [4.69, 9.17) is 9.31 Å². The van der Waals surface area contributed by atoms with E-state index in [2.05, 4.69) is 34.3 Å². The monoisotopic (exact) mass is 236 g/mol. The van der Waals surface area contributed by atoms with Gasteiger partial charge in [0.25, 0.3) is 0 Å². The van der Waals surface area contributed by atoms with E-state index in [1.807, 2.05) is 0 Å². The van der Waals surface area contributed by atoms with Crippen molar-refractivity contribution in [2.45, 2.75) is 71.0 Å². The van der Waals surface area contributed by atoms with Gasteiger partial charge in [-0.2, -0.15) is 0 Å². The number of hydrogen-bond donors (Lipinski definition) is 0. The molecule has 0 radical (unpaired) electrons. The van der Waals surface area contributed by atoms with Crippen molar-refractivity contribution in [2.75, 3.05) is 0 Å². The molecule has 0 unspecified atom stereocenters. The van der Waals surface area contributed by atoms with Gasteiger partial charge in [0, 0.05) is 0 Å². The first kappa shape index (κ1) is 13.2. The van der Waals surface area contributed by atoms with Crippen LogP contribution in [-0.4, -0.2) is 18.3 Å². The maximum atomic E-state index is 6.01. The van der Waals surface area contributed by atoms with Crippen molar-refractivity contribution < 1.29 is 9.31 Å². The van der Waals surface area contributed by atoms with Gasteiger partial charge in [0.15, 0.2) is 0 Å². The van der Waals surface area contributed by atoms with Crippen molar-refractivity contribution in [3.8, 4) is 0 Å². The van der Waals surface area contributed by atoms with E-state index in [0.29, 0.717) is 0 Å². The summed E-state index contributed by atoms with van der Waals surface area (Å²) in [7, 11) is -0.208. The molecule has 0 aromatic rings. The van der Waals surface area contributed by atoms with Crippen molar-refractivity contribution in [2.24, 2.45) is 5.92 Å². The first-order valence-electron chi connectivity index (χ1n) is 6.85. The lowest BCUT2D eigenvalue weighted by Crippen LogP contribution is -2.41. The van der Waals surface area contributed by atoms with E-state index in [9.17, 15) is 0 Å². The molecular weight excluding hydrogens is 211 g/mol. The maximum Gasteiger partial charge on any atom is 0.489 e. The molecule has 2 rings (SSSR count). The van der Waals surface area contributed by atoms with Crippen LogP contribution in [0.3, 0.4) is 0 Å². The zero-order valence-corrected chi connectivity index (χ0v) is 11.7. The second-order valence-electron chi connectivity index (χ2n) is 6.60. The van der Waals surface area contributed by atoms with Crippen LogP contribution in [0.1, 0.15) is 59.8 Å². The van der Waals surface area contributed by atoms with Crippen molar-refractivity contribution in [1.82, 2.24) is 0 Å². The van der Waals surface area contributed by atoms with Gasteiger partial charge >= 0.3 is 7.12 Å². The molecule has 0 aromatic heterocycles. The third-order valence-corrected chi connectivity index (χ3v) is 4.61. The Labute approximate surface area is 106 Å². The molecule has 1 saturated heterocycles. The molecule has 2 fully saturated rings. The molecule has 1 aliphatic heterocycles. The quantitative estimate of drug-likeness (QED) is 0.694. The summed E-state index contributed by atoms with van der Waals surface area (Å²) in [6.45, 7) is 12.6. The van der Waals surface area contributed by atoms with Gasteiger partial charge in [-0.15, -0.1) is 6.58 Å². The average molecular weight is 236 g/mol. The Kier molecular flexibility index (Phi) is 3.43. The van der Waals surface area contributed by atoms with Crippen LogP contribution in [0.2, 0.25) is 0 Å². The minimum Gasteiger partial charge on any atom is -0.400 e. The van der Waals surface area contributed by atoms with Gasteiger partial charge in [-0.1, -0.05) is 25.7 Å². The van der Waals surface area contributed by atoms with Crippen molar-refractivity contribution in [3.05, 3.63) is 12.1 Å². The van der Waals surface area contributed by atoms with E-state index in [-0.39, 0.29) is 18.3 Å². The summed E-state index contributed by atoms with van der Waals surface area (Å²) in [5.74, 6) is 0.807. The zero-order valence-electron chi connectivity index (χ0n) is 11.7. The van der Waals surface area contributed by atoms with Crippen LogP contribution in [0.4, 0.5) is 0 Å². The van der Waals surface area contributed by atoms with Crippen LogP contribution in [0, 0.1) is 5.92 Å². The Morgan fingerprint density at radius 1 is 1.12 bits per heavy atom. The molecule has 1 saturated carbocycles. The summed E-state index contributed by atoms with van der Waals surface area (Å²) in [5, 5.41) is 0. The molecule has 0 bridgehead atoms. The summed E-state index contributed by atoms with van der Waals surface area (Å²) in [4.78, 5) is 0. The van der Waals surface area contributed by atoms with E-state index in [1.54, 1.807) is 0 Å². The first-order valence-corrected chi connectivity index (χ1v) is 6.85. The van der Waals surface area contributed by atoms with Crippen molar-refractivity contribution in [1.29, 1.82) is 0 Å². The van der Waals surface area contributed by atoms with E-state index in [1.165, 1.54) is 25.7 Å². The van der Waals surface area contributed by atoms with E-state index in [0.717, 1.165) is 17.8 Å². The molecule has 2 nitrogen and oxygen atoms in total. The predicted octanol–water partition coefficient (Wildman–Crippen LogP) is 3.75. The molecule has 96 valence electrons. The molecule has 0 aromatic carbocycles. The highest BCUT2D eigenvalue weighted by Gasteiger charge is 2.52. The topological polar surface area (TPSA) is 18.5 Å². The Hall–Kier alpha value is -0.275. The molecule has 1 heterocycles. The lowest BCUT2D eigenvalue weighted by molar-refractivity contribution is 0.00578. The molecule has 1 aliphatic carbocycles. The van der Waals surface area contributed by atoms with Gasteiger partial charge in [-0.25, -0.2) is 0 Å². The largest absolute Gasteiger partial charge is 0.489 e. The van der Waals surface area contributed by atoms with E-state index < -0.39 is 0 Å². The molecular formula is C14H25BO2.